The van der Waals surface area contributed by atoms with Crippen molar-refractivity contribution in [2.75, 3.05) is 7.11 Å². The van der Waals surface area contributed by atoms with E-state index < -0.39 is 22.0 Å². The molecule has 0 aliphatic carbocycles. The number of benzene rings is 2. The molecule has 0 bridgehead atoms. The maximum absolute atomic E-state index is 13.6. The van der Waals surface area contributed by atoms with E-state index in [1.807, 2.05) is 45.9 Å². The van der Waals surface area contributed by atoms with Crippen LogP contribution in [0.3, 0.4) is 0 Å². The quantitative estimate of drug-likeness (QED) is 0.580. The molecule has 0 aliphatic heterocycles. The van der Waals surface area contributed by atoms with Gasteiger partial charge in [0.1, 0.15) is 6.04 Å². The molecule has 0 saturated carbocycles. The lowest BCUT2D eigenvalue weighted by Gasteiger charge is -2.24. The van der Waals surface area contributed by atoms with E-state index in [2.05, 4.69) is 18.6 Å². The van der Waals surface area contributed by atoms with Crippen molar-refractivity contribution in [2.45, 2.75) is 70.2 Å². The Morgan fingerprint density at radius 1 is 0.833 bits per heavy atom. The fourth-order valence-corrected chi connectivity index (χ4v) is 5.30. The minimum atomic E-state index is -4.01. The first kappa shape index (κ1) is 24.1. The summed E-state index contributed by atoms with van der Waals surface area (Å²) in [6, 6.07) is 11.6. The molecular formula is C24H33NO4S. The largest absolute Gasteiger partial charge is 0.468 e. The van der Waals surface area contributed by atoms with Crippen LogP contribution in [-0.4, -0.2) is 21.5 Å². The molecule has 5 nitrogen and oxygen atoms in total. The Labute approximate surface area is 180 Å². The molecule has 0 aliphatic rings. The number of carbonyl (C=O) groups excluding carboxylic acids is 1. The zero-order chi connectivity index (χ0) is 22.6. The van der Waals surface area contributed by atoms with Crippen molar-refractivity contribution in [2.24, 2.45) is 0 Å². The lowest BCUT2D eigenvalue weighted by molar-refractivity contribution is -0.142. The fourth-order valence-electron chi connectivity index (χ4n) is 3.43. The second kappa shape index (κ2) is 9.75. The monoisotopic (exact) mass is 431 g/mol. The van der Waals surface area contributed by atoms with E-state index in [1.54, 1.807) is 24.3 Å². The van der Waals surface area contributed by atoms with E-state index in [9.17, 15) is 13.2 Å². The van der Waals surface area contributed by atoms with Crippen molar-refractivity contribution in [3.63, 3.8) is 0 Å². The van der Waals surface area contributed by atoms with Crippen LogP contribution in [0.4, 0.5) is 0 Å². The Kier molecular flexibility index (Phi) is 7.83. The first-order chi connectivity index (χ1) is 14.0. The van der Waals surface area contributed by atoms with Crippen LogP contribution in [0.1, 0.15) is 87.6 Å². The Morgan fingerprint density at radius 2 is 1.33 bits per heavy atom. The molecule has 0 unspecified atom stereocenters. The Hall–Kier alpha value is -2.18. The number of rotatable bonds is 8. The van der Waals surface area contributed by atoms with Gasteiger partial charge in [-0.25, -0.2) is 13.2 Å². The molecule has 0 aromatic heterocycles. The van der Waals surface area contributed by atoms with Gasteiger partial charge in [0, 0.05) is 0 Å². The summed E-state index contributed by atoms with van der Waals surface area (Å²) in [4.78, 5) is 12.7. The van der Waals surface area contributed by atoms with E-state index in [1.165, 1.54) is 7.11 Å². The second-order valence-corrected chi connectivity index (χ2v) is 10.1. The SMILES string of the molecule is COC(=O)[C@H](NS(=O)(=O)c1c(C(C)C)cc(C(C)C)cc1C(C)C)c1ccccc1. The van der Waals surface area contributed by atoms with Gasteiger partial charge in [0.25, 0.3) is 0 Å². The highest BCUT2D eigenvalue weighted by Gasteiger charge is 2.32. The minimum absolute atomic E-state index is 0.000997. The van der Waals surface area contributed by atoms with Crippen molar-refractivity contribution < 1.29 is 17.9 Å². The van der Waals surface area contributed by atoms with Crippen LogP contribution < -0.4 is 4.72 Å². The fraction of sp³-hybridized carbons (Fsp3) is 0.458. The average molecular weight is 432 g/mol. The van der Waals surface area contributed by atoms with Gasteiger partial charge >= 0.3 is 5.97 Å². The predicted molar refractivity (Wildman–Crippen MR) is 120 cm³/mol. The number of nitrogens with one attached hydrogen (secondary N) is 1. The van der Waals surface area contributed by atoms with E-state index in [0.717, 1.165) is 16.7 Å². The molecule has 6 heteroatoms. The van der Waals surface area contributed by atoms with Gasteiger partial charge in [-0.3, -0.25) is 0 Å². The van der Waals surface area contributed by atoms with Gasteiger partial charge in [0.15, 0.2) is 0 Å². The van der Waals surface area contributed by atoms with Gasteiger partial charge in [-0.2, -0.15) is 4.72 Å². The van der Waals surface area contributed by atoms with Gasteiger partial charge in [-0.15, -0.1) is 0 Å². The summed E-state index contributed by atoms with van der Waals surface area (Å²) >= 11 is 0. The minimum Gasteiger partial charge on any atom is -0.468 e. The lowest BCUT2D eigenvalue weighted by Crippen LogP contribution is -2.35. The van der Waals surface area contributed by atoms with Gasteiger partial charge in [0.05, 0.1) is 12.0 Å². The smallest absolute Gasteiger partial charge is 0.328 e. The first-order valence-corrected chi connectivity index (χ1v) is 11.8. The molecule has 1 atom stereocenters. The van der Waals surface area contributed by atoms with Gasteiger partial charge in [0.2, 0.25) is 10.0 Å². The Bertz CT molecular complexity index is 951. The van der Waals surface area contributed by atoms with Crippen LogP contribution in [0, 0.1) is 0 Å². The zero-order valence-electron chi connectivity index (χ0n) is 18.9. The standard InChI is InChI=1S/C24H33NO4S/c1-15(2)19-13-20(16(3)4)23(21(14-19)17(5)6)30(27,28)25-22(24(26)29-7)18-11-9-8-10-12-18/h8-17,22,25H,1-7H3/t22-/m1/s1. The number of sulfonamides is 1. The maximum atomic E-state index is 13.6. The van der Waals surface area contributed by atoms with Crippen molar-refractivity contribution in [1.82, 2.24) is 4.72 Å². The van der Waals surface area contributed by atoms with Gasteiger partial charge in [-0.1, -0.05) is 84.0 Å². The van der Waals surface area contributed by atoms with E-state index in [-0.39, 0.29) is 22.6 Å². The van der Waals surface area contributed by atoms with Gasteiger partial charge in [-0.05, 0) is 40.0 Å². The first-order valence-electron chi connectivity index (χ1n) is 10.3. The number of esters is 1. The second-order valence-electron chi connectivity index (χ2n) is 8.48. The summed E-state index contributed by atoms with van der Waals surface area (Å²) in [7, 11) is -2.75. The Morgan fingerprint density at radius 3 is 1.73 bits per heavy atom. The van der Waals surface area contributed by atoms with E-state index >= 15 is 0 Å². The molecule has 30 heavy (non-hydrogen) atoms. The van der Waals surface area contributed by atoms with E-state index in [4.69, 9.17) is 4.74 Å². The molecule has 0 fully saturated rings. The maximum Gasteiger partial charge on any atom is 0.328 e. The van der Waals surface area contributed by atoms with E-state index in [0.29, 0.717) is 5.56 Å². The van der Waals surface area contributed by atoms with Crippen molar-refractivity contribution in [1.29, 1.82) is 0 Å². The van der Waals surface area contributed by atoms with Crippen molar-refractivity contribution in [3.8, 4) is 0 Å². The molecular weight excluding hydrogens is 398 g/mol. The summed E-state index contributed by atoms with van der Waals surface area (Å²) in [5.41, 5.74) is 3.15. The van der Waals surface area contributed by atoms with Crippen LogP contribution in [0.2, 0.25) is 0 Å². The highest BCUT2D eigenvalue weighted by molar-refractivity contribution is 7.89. The third kappa shape index (κ3) is 5.29. The van der Waals surface area contributed by atoms with Crippen LogP contribution >= 0.6 is 0 Å². The molecule has 164 valence electrons. The molecule has 2 rings (SSSR count). The number of ether oxygens (including phenoxy) is 1. The van der Waals surface area contributed by atoms with Crippen LogP contribution in [0.15, 0.2) is 47.4 Å². The summed E-state index contributed by atoms with van der Waals surface area (Å²) in [5, 5.41) is 0. The summed E-state index contributed by atoms with van der Waals surface area (Å²) < 4.78 is 34.8. The number of methoxy groups -OCH3 is 1. The average Bonchev–Trinajstić information content (AvgIpc) is 2.70. The third-order valence-corrected chi connectivity index (χ3v) is 6.75. The normalized spacial score (nSPS) is 13.1. The molecule has 0 amide bonds. The summed E-state index contributed by atoms with van der Waals surface area (Å²) in [6.45, 7) is 12.1. The molecule has 2 aromatic rings. The molecule has 0 spiro atoms. The number of hydrogen-bond acceptors (Lipinski definition) is 4. The zero-order valence-corrected chi connectivity index (χ0v) is 19.7. The Balaban J connectivity index is 2.69. The molecule has 1 N–H and O–H groups in total. The van der Waals surface area contributed by atoms with Crippen molar-refractivity contribution >= 4 is 16.0 Å². The highest BCUT2D eigenvalue weighted by atomic mass is 32.2. The predicted octanol–water partition coefficient (Wildman–Crippen LogP) is 5.25. The number of carbonyl (C=O) groups is 1. The molecule has 0 radical (unpaired) electrons. The molecule has 0 heterocycles. The lowest BCUT2D eigenvalue weighted by atomic mass is 9.89. The topological polar surface area (TPSA) is 72.5 Å². The number of hydrogen-bond donors (Lipinski definition) is 1. The molecule has 2 aromatic carbocycles. The summed E-state index contributed by atoms with van der Waals surface area (Å²) in [6.07, 6.45) is 0. The van der Waals surface area contributed by atoms with Crippen LogP contribution in [-0.2, 0) is 19.6 Å². The van der Waals surface area contributed by atoms with Crippen molar-refractivity contribution in [3.05, 3.63) is 64.7 Å². The van der Waals surface area contributed by atoms with Gasteiger partial charge < -0.3 is 4.74 Å². The highest BCUT2D eigenvalue weighted by Crippen LogP contribution is 2.35. The molecule has 0 saturated heterocycles. The van der Waals surface area contributed by atoms with Crippen LogP contribution in [0.5, 0.6) is 0 Å². The van der Waals surface area contributed by atoms with Crippen LogP contribution in [0.25, 0.3) is 0 Å². The third-order valence-electron chi connectivity index (χ3n) is 5.19. The summed E-state index contributed by atoms with van der Waals surface area (Å²) in [5.74, 6) is -0.375.